The summed E-state index contributed by atoms with van der Waals surface area (Å²) in [6.45, 7) is 0.838. The number of carbonyl (C=O) groups excluding carboxylic acids is 1. The Morgan fingerprint density at radius 3 is 2.69 bits per heavy atom. The normalized spacial score (nSPS) is 20.0. The molecule has 0 saturated heterocycles. The summed E-state index contributed by atoms with van der Waals surface area (Å²) < 4.78 is 0. The number of aromatic amines is 1. The topological polar surface area (TPSA) is 49.0 Å². The summed E-state index contributed by atoms with van der Waals surface area (Å²) in [6, 6.07) is 12.8. The molecule has 0 spiro atoms. The van der Waals surface area contributed by atoms with Crippen LogP contribution in [0.3, 0.4) is 0 Å². The van der Waals surface area contributed by atoms with E-state index in [1.165, 1.54) is 59.8 Å². The van der Waals surface area contributed by atoms with Crippen molar-refractivity contribution < 1.29 is 4.79 Å². The smallest absolute Gasteiger partial charge is 0.223 e. The van der Waals surface area contributed by atoms with E-state index in [1.54, 1.807) is 0 Å². The van der Waals surface area contributed by atoms with Gasteiger partial charge in [-0.25, -0.2) is 0 Å². The number of para-hydroxylation sites is 1. The van der Waals surface area contributed by atoms with Crippen LogP contribution in [-0.4, -0.2) is 27.3 Å². The van der Waals surface area contributed by atoms with Crippen LogP contribution in [0, 0.1) is 5.92 Å². The van der Waals surface area contributed by atoms with E-state index in [1.807, 2.05) is 24.5 Å². The van der Waals surface area contributed by atoms with Gasteiger partial charge < -0.3 is 9.88 Å². The van der Waals surface area contributed by atoms with Crippen molar-refractivity contribution in [3.05, 3.63) is 65.6 Å². The molecule has 1 N–H and O–H groups in total. The summed E-state index contributed by atoms with van der Waals surface area (Å²) in [7, 11) is 0. The van der Waals surface area contributed by atoms with Gasteiger partial charge in [0.1, 0.15) is 0 Å². The predicted molar refractivity (Wildman–Crippen MR) is 116 cm³/mol. The first-order chi connectivity index (χ1) is 14.3. The van der Waals surface area contributed by atoms with Crippen molar-refractivity contribution in [3.8, 4) is 0 Å². The van der Waals surface area contributed by atoms with Crippen LogP contribution in [0.1, 0.15) is 61.4 Å². The lowest BCUT2D eigenvalue weighted by molar-refractivity contribution is -0.135. The molecule has 4 nitrogen and oxygen atoms in total. The van der Waals surface area contributed by atoms with E-state index < -0.39 is 0 Å². The molecular formula is C25H29N3O. The van der Waals surface area contributed by atoms with Crippen molar-refractivity contribution in [3.63, 3.8) is 0 Å². The molecule has 150 valence electrons. The molecule has 0 bridgehead atoms. The molecule has 3 aromatic rings. The molecular weight excluding hydrogens is 358 g/mol. The quantitative estimate of drug-likeness (QED) is 0.669. The molecule has 2 aliphatic rings. The fourth-order valence-electron chi connectivity index (χ4n) is 5.43. The Hall–Kier alpha value is -2.62. The SMILES string of the molecule is O=C(CCc1ccncc1)N1CCc2c([nH]c3ccccc23)C1C1CCCCC1. The number of aromatic nitrogens is 2. The fraction of sp³-hybridized carbons (Fsp3) is 0.440. The highest BCUT2D eigenvalue weighted by atomic mass is 16.2. The van der Waals surface area contributed by atoms with Gasteiger partial charge in [0.05, 0.1) is 6.04 Å². The average Bonchev–Trinajstić information content (AvgIpc) is 3.17. The minimum Gasteiger partial charge on any atom is -0.356 e. The first-order valence-corrected chi connectivity index (χ1v) is 11.1. The lowest BCUT2D eigenvalue weighted by atomic mass is 9.79. The maximum Gasteiger partial charge on any atom is 0.223 e. The third-order valence-electron chi connectivity index (χ3n) is 6.87. The lowest BCUT2D eigenvalue weighted by Gasteiger charge is -2.42. The Kier molecular flexibility index (Phi) is 5.09. The molecule has 1 amide bonds. The predicted octanol–water partition coefficient (Wildman–Crippen LogP) is 5.20. The molecule has 3 heterocycles. The largest absolute Gasteiger partial charge is 0.356 e. The van der Waals surface area contributed by atoms with Crippen LogP contribution in [0.25, 0.3) is 10.9 Å². The maximum absolute atomic E-state index is 13.3. The van der Waals surface area contributed by atoms with Crippen molar-refractivity contribution in [2.75, 3.05) is 6.54 Å². The van der Waals surface area contributed by atoms with E-state index in [0.29, 0.717) is 18.2 Å². The summed E-state index contributed by atoms with van der Waals surface area (Å²) in [6.07, 6.45) is 12.3. The van der Waals surface area contributed by atoms with Gasteiger partial charge in [-0.15, -0.1) is 0 Å². The number of aryl methyl sites for hydroxylation is 1. The number of hydrogen-bond donors (Lipinski definition) is 1. The van der Waals surface area contributed by atoms with Crippen LogP contribution in [0.5, 0.6) is 0 Å². The zero-order chi connectivity index (χ0) is 19.6. The zero-order valence-electron chi connectivity index (χ0n) is 16.9. The lowest BCUT2D eigenvalue weighted by Crippen LogP contribution is -2.43. The molecule has 1 atom stereocenters. The van der Waals surface area contributed by atoms with Crippen LogP contribution in [0.15, 0.2) is 48.8 Å². The molecule has 4 heteroatoms. The fourth-order valence-corrected chi connectivity index (χ4v) is 5.43. The van der Waals surface area contributed by atoms with Crippen molar-refractivity contribution in [2.24, 2.45) is 5.92 Å². The van der Waals surface area contributed by atoms with Crippen LogP contribution in [0.4, 0.5) is 0 Å². The molecule has 5 rings (SSSR count). The van der Waals surface area contributed by atoms with E-state index in [9.17, 15) is 4.79 Å². The number of carbonyl (C=O) groups is 1. The molecule has 1 fully saturated rings. The van der Waals surface area contributed by atoms with Gasteiger partial charge in [0, 0.05) is 42.0 Å². The minimum absolute atomic E-state index is 0.205. The van der Waals surface area contributed by atoms with E-state index >= 15 is 0 Å². The van der Waals surface area contributed by atoms with E-state index in [2.05, 4.69) is 39.1 Å². The Morgan fingerprint density at radius 1 is 1.07 bits per heavy atom. The van der Waals surface area contributed by atoms with Crippen LogP contribution in [0.2, 0.25) is 0 Å². The van der Waals surface area contributed by atoms with Gasteiger partial charge >= 0.3 is 0 Å². The molecule has 29 heavy (non-hydrogen) atoms. The van der Waals surface area contributed by atoms with Gasteiger partial charge in [0.15, 0.2) is 0 Å². The third-order valence-corrected chi connectivity index (χ3v) is 6.87. The highest BCUT2D eigenvalue weighted by Gasteiger charge is 2.38. The van der Waals surface area contributed by atoms with Gasteiger partial charge in [-0.05, 0) is 60.9 Å². The summed E-state index contributed by atoms with van der Waals surface area (Å²) >= 11 is 0. The number of hydrogen-bond acceptors (Lipinski definition) is 2. The number of rotatable bonds is 4. The number of nitrogens with one attached hydrogen (secondary N) is 1. The highest BCUT2D eigenvalue weighted by molar-refractivity contribution is 5.86. The Bertz CT molecular complexity index is 988. The molecule has 1 saturated carbocycles. The Labute approximate surface area is 172 Å². The van der Waals surface area contributed by atoms with Crippen LogP contribution >= 0.6 is 0 Å². The van der Waals surface area contributed by atoms with Gasteiger partial charge in [0.2, 0.25) is 5.91 Å². The van der Waals surface area contributed by atoms with E-state index in [0.717, 1.165) is 19.4 Å². The second kappa shape index (κ2) is 8.02. The minimum atomic E-state index is 0.205. The number of fused-ring (bicyclic) bond motifs is 3. The molecule has 1 unspecified atom stereocenters. The van der Waals surface area contributed by atoms with Gasteiger partial charge in [-0.3, -0.25) is 9.78 Å². The van der Waals surface area contributed by atoms with Crippen molar-refractivity contribution in [1.82, 2.24) is 14.9 Å². The Balaban J connectivity index is 1.45. The molecule has 1 aliphatic heterocycles. The van der Waals surface area contributed by atoms with Crippen LogP contribution < -0.4 is 0 Å². The van der Waals surface area contributed by atoms with Gasteiger partial charge in [0.25, 0.3) is 0 Å². The summed E-state index contributed by atoms with van der Waals surface area (Å²) in [5.41, 5.74) is 5.14. The summed E-state index contributed by atoms with van der Waals surface area (Å²) in [5, 5.41) is 1.34. The van der Waals surface area contributed by atoms with Gasteiger partial charge in [-0.2, -0.15) is 0 Å². The summed E-state index contributed by atoms with van der Waals surface area (Å²) in [5.74, 6) is 0.863. The molecule has 2 aromatic heterocycles. The number of benzene rings is 1. The average molecular weight is 388 g/mol. The van der Waals surface area contributed by atoms with Crippen LogP contribution in [-0.2, 0) is 17.6 Å². The molecule has 0 radical (unpaired) electrons. The highest BCUT2D eigenvalue weighted by Crippen LogP contribution is 2.43. The second-order valence-corrected chi connectivity index (χ2v) is 8.60. The number of amides is 1. The monoisotopic (exact) mass is 387 g/mol. The second-order valence-electron chi connectivity index (χ2n) is 8.60. The standard InChI is InChI=1S/C25H29N3O/c29-23(11-10-18-12-15-26-16-13-18)28-17-14-21-20-8-4-5-9-22(20)27-24(21)25(28)19-6-2-1-3-7-19/h4-5,8-9,12-13,15-16,19,25,27H,1-3,6-7,10-11,14,17H2. The van der Waals surface area contributed by atoms with E-state index in [-0.39, 0.29) is 6.04 Å². The number of H-pyrrole nitrogens is 1. The Morgan fingerprint density at radius 2 is 1.86 bits per heavy atom. The van der Waals surface area contributed by atoms with Crippen molar-refractivity contribution in [2.45, 2.75) is 57.4 Å². The van der Waals surface area contributed by atoms with E-state index in [4.69, 9.17) is 0 Å². The molecule has 1 aliphatic carbocycles. The number of pyridine rings is 1. The zero-order valence-corrected chi connectivity index (χ0v) is 16.9. The number of nitrogens with zero attached hydrogens (tertiary/aromatic N) is 2. The molecule has 1 aromatic carbocycles. The first-order valence-electron chi connectivity index (χ1n) is 11.1. The van der Waals surface area contributed by atoms with Crippen molar-refractivity contribution in [1.29, 1.82) is 0 Å². The third kappa shape index (κ3) is 3.57. The van der Waals surface area contributed by atoms with Gasteiger partial charge in [-0.1, -0.05) is 37.5 Å². The maximum atomic E-state index is 13.3. The van der Waals surface area contributed by atoms with Crippen molar-refractivity contribution >= 4 is 16.8 Å². The first kappa shape index (κ1) is 18.4. The summed E-state index contributed by atoms with van der Waals surface area (Å²) in [4.78, 5) is 23.4.